The maximum absolute atomic E-state index is 13.2. The lowest BCUT2D eigenvalue weighted by molar-refractivity contribution is 0.626. The number of nitrogens with two attached hydrogens (primary N) is 1. The number of nitrogens with one attached hydrogen (secondary N) is 1. The Bertz CT molecular complexity index is 742. The summed E-state index contributed by atoms with van der Waals surface area (Å²) in [5, 5.41) is 5.99. The fourth-order valence-corrected chi connectivity index (χ4v) is 2.68. The zero-order chi connectivity index (χ0) is 14.7. The Labute approximate surface area is 125 Å². The van der Waals surface area contributed by atoms with Crippen molar-refractivity contribution in [3.63, 3.8) is 0 Å². The molecule has 2 heterocycles. The molecule has 0 aliphatic rings. The zero-order valence-corrected chi connectivity index (χ0v) is 11.9. The molecule has 3 N–H and O–H groups in total. The number of nitrogen functional groups attached to an aromatic ring is 1. The highest BCUT2D eigenvalue weighted by Crippen LogP contribution is 2.25. The summed E-state index contributed by atoms with van der Waals surface area (Å²) in [7, 11) is 0. The molecule has 3 aromatic rings. The molecule has 0 spiro atoms. The average Bonchev–Trinajstić information content (AvgIpc) is 2.98. The second-order valence-corrected chi connectivity index (χ2v) is 5.33. The van der Waals surface area contributed by atoms with Crippen LogP contribution in [0.1, 0.15) is 5.56 Å². The minimum atomic E-state index is -0.295. The van der Waals surface area contributed by atoms with E-state index in [0.29, 0.717) is 17.8 Å². The van der Waals surface area contributed by atoms with Crippen molar-refractivity contribution in [1.29, 1.82) is 0 Å². The molecule has 0 bridgehead atoms. The Balaban J connectivity index is 1.72. The van der Waals surface area contributed by atoms with Crippen LogP contribution < -0.4 is 11.1 Å². The molecule has 0 unspecified atom stereocenters. The van der Waals surface area contributed by atoms with E-state index in [9.17, 15) is 4.39 Å². The van der Waals surface area contributed by atoms with E-state index in [2.05, 4.69) is 15.3 Å². The van der Waals surface area contributed by atoms with Crippen molar-refractivity contribution in [2.45, 2.75) is 6.54 Å². The van der Waals surface area contributed by atoms with Gasteiger partial charge in [-0.3, -0.25) is 4.98 Å². The van der Waals surface area contributed by atoms with Crippen LogP contribution in [-0.4, -0.2) is 9.97 Å². The van der Waals surface area contributed by atoms with E-state index in [1.807, 2.05) is 17.5 Å². The molecule has 0 aliphatic carbocycles. The van der Waals surface area contributed by atoms with Crippen LogP contribution in [0.25, 0.3) is 10.6 Å². The number of rotatable bonds is 4. The van der Waals surface area contributed by atoms with Crippen molar-refractivity contribution in [1.82, 2.24) is 9.97 Å². The van der Waals surface area contributed by atoms with Crippen LogP contribution in [-0.2, 0) is 6.54 Å². The summed E-state index contributed by atoms with van der Waals surface area (Å²) in [4.78, 5) is 8.48. The molecule has 0 fully saturated rings. The molecule has 0 aliphatic heterocycles. The van der Waals surface area contributed by atoms with Crippen LogP contribution in [0.3, 0.4) is 0 Å². The van der Waals surface area contributed by atoms with Crippen molar-refractivity contribution >= 4 is 22.8 Å². The van der Waals surface area contributed by atoms with Gasteiger partial charge in [-0.1, -0.05) is 0 Å². The van der Waals surface area contributed by atoms with E-state index < -0.39 is 0 Å². The number of hydrogen-bond donors (Lipinski definition) is 2. The SMILES string of the molecule is Nc1ccc(F)cc1CNc1csc(-c2ccncc2)n1. The summed E-state index contributed by atoms with van der Waals surface area (Å²) in [5.41, 5.74) is 8.12. The third-order valence-electron chi connectivity index (χ3n) is 3.00. The van der Waals surface area contributed by atoms with Crippen LogP contribution >= 0.6 is 11.3 Å². The number of nitrogens with zero attached hydrogens (tertiary/aromatic N) is 2. The predicted molar refractivity (Wildman–Crippen MR) is 83.5 cm³/mol. The van der Waals surface area contributed by atoms with Crippen molar-refractivity contribution in [3.05, 3.63) is 59.5 Å². The fourth-order valence-electron chi connectivity index (χ4n) is 1.90. The summed E-state index contributed by atoms with van der Waals surface area (Å²) in [5.74, 6) is 0.451. The summed E-state index contributed by atoms with van der Waals surface area (Å²) < 4.78 is 13.2. The van der Waals surface area contributed by atoms with Gasteiger partial charge in [-0.15, -0.1) is 11.3 Å². The summed E-state index contributed by atoms with van der Waals surface area (Å²) in [6, 6.07) is 8.16. The molecule has 1 aromatic carbocycles. The Hall–Kier alpha value is -2.47. The largest absolute Gasteiger partial charge is 0.398 e. The fraction of sp³-hybridized carbons (Fsp3) is 0.0667. The van der Waals surface area contributed by atoms with Crippen LogP contribution in [0, 0.1) is 5.82 Å². The lowest BCUT2D eigenvalue weighted by atomic mass is 10.2. The van der Waals surface area contributed by atoms with Gasteiger partial charge in [-0.05, 0) is 35.9 Å². The number of benzene rings is 1. The monoisotopic (exact) mass is 300 g/mol. The first-order chi connectivity index (χ1) is 10.2. The lowest BCUT2D eigenvalue weighted by Gasteiger charge is -2.06. The Morgan fingerprint density at radius 1 is 1.19 bits per heavy atom. The highest BCUT2D eigenvalue weighted by atomic mass is 32.1. The van der Waals surface area contributed by atoms with Crippen molar-refractivity contribution in [3.8, 4) is 10.6 Å². The topological polar surface area (TPSA) is 63.8 Å². The molecule has 4 nitrogen and oxygen atoms in total. The molecule has 0 saturated heterocycles. The normalized spacial score (nSPS) is 10.5. The second kappa shape index (κ2) is 5.88. The zero-order valence-electron chi connectivity index (χ0n) is 11.1. The van der Waals surface area contributed by atoms with Gasteiger partial charge in [-0.25, -0.2) is 9.37 Å². The molecule has 3 rings (SSSR count). The third-order valence-corrected chi connectivity index (χ3v) is 3.89. The maximum Gasteiger partial charge on any atom is 0.138 e. The quantitative estimate of drug-likeness (QED) is 0.723. The summed E-state index contributed by atoms with van der Waals surface area (Å²) in [6.45, 7) is 0.434. The third kappa shape index (κ3) is 3.17. The first-order valence-electron chi connectivity index (χ1n) is 6.36. The van der Waals surface area contributed by atoms with E-state index >= 15 is 0 Å². The van der Waals surface area contributed by atoms with E-state index in [4.69, 9.17) is 5.73 Å². The standard InChI is InChI=1S/C15H13FN4S/c16-12-1-2-13(17)11(7-12)8-19-14-9-21-15(20-14)10-3-5-18-6-4-10/h1-7,9,19H,8,17H2. The first-order valence-corrected chi connectivity index (χ1v) is 7.24. The van der Waals surface area contributed by atoms with Crippen molar-refractivity contribution in [2.75, 3.05) is 11.1 Å². The lowest BCUT2D eigenvalue weighted by Crippen LogP contribution is -2.03. The number of pyridine rings is 1. The number of anilines is 2. The number of hydrogen-bond acceptors (Lipinski definition) is 5. The molecule has 0 saturated carbocycles. The van der Waals surface area contributed by atoms with Gasteiger partial charge in [0.05, 0.1) is 0 Å². The van der Waals surface area contributed by atoms with Crippen molar-refractivity contribution in [2.24, 2.45) is 0 Å². The van der Waals surface area contributed by atoms with Gasteiger partial charge >= 0.3 is 0 Å². The second-order valence-electron chi connectivity index (χ2n) is 4.47. The molecule has 2 aromatic heterocycles. The maximum atomic E-state index is 13.2. The number of aromatic nitrogens is 2. The van der Waals surface area contributed by atoms with E-state index in [1.165, 1.54) is 23.5 Å². The summed E-state index contributed by atoms with van der Waals surface area (Å²) >= 11 is 1.54. The van der Waals surface area contributed by atoms with Gasteiger partial charge in [0.1, 0.15) is 16.6 Å². The molecule has 0 radical (unpaired) electrons. The van der Waals surface area contributed by atoms with Crippen LogP contribution in [0.4, 0.5) is 15.9 Å². The highest BCUT2D eigenvalue weighted by Gasteiger charge is 2.06. The van der Waals surface area contributed by atoms with E-state index in [1.54, 1.807) is 18.5 Å². The first kappa shape index (κ1) is 13.5. The van der Waals surface area contributed by atoms with Gasteiger partial charge in [0.25, 0.3) is 0 Å². The predicted octanol–water partition coefficient (Wildman–Crippen LogP) is 3.54. The average molecular weight is 300 g/mol. The molecule has 21 heavy (non-hydrogen) atoms. The minimum absolute atomic E-state index is 0.295. The van der Waals surface area contributed by atoms with Gasteiger partial charge in [0.15, 0.2) is 0 Å². The van der Waals surface area contributed by atoms with E-state index in [-0.39, 0.29) is 5.82 Å². The Morgan fingerprint density at radius 3 is 2.81 bits per heavy atom. The van der Waals surface area contributed by atoms with E-state index in [0.717, 1.165) is 16.4 Å². The Morgan fingerprint density at radius 2 is 2.00 bits per heavy atom. The number of halogens is 1. The smallest absolute Gasteiger partial charge is 0.138 e. The molecular weight excluding hydrogens is 287 g/mol. The van der Waals surface area contributed by atoms with Gasteiger partial charge in [-0.2, -0.15) is 0 Å². The van der Waals surface area contributed by atoms with Crippen LogP contribution in [0.15, 0.2) is 48.1 Å². The molecule has 6 heteroatoms. The van der Waals surface area contributed by atoms with Crippen LogP contribution in [0.2, 0.25) is 0 Å². The Kier molecular flexibility index (Phi) is 3.79. The van der Waals surface area contributed by atoms with Gasteiger partial charge < -0.3 is 11.1 Å². The van der Waals surface area contributed by atoms with Gasteiger partial charge in [0, 0.05) is 35.6 Å². The minimum Gasteiger partial charge on any atom is -0.398 e. The summed E-state index contributed by atoms with van der Waals surface area (Å²) in [6.07, 6.45) is 3.47. The number of thiazole rings is 1. The molecule has 106 valence electrons. The van der Waals surface area contributed by atoms with Crippen molar-refractivity contribution < 1.29 is 4.39 Å². The highest BCUT2D eigenvalue weighted by molar-refractivity contribution is 7.13. The molecule has 0 amide bonds. The van der Waals surface area contributed by atoms with Crippen LogP contribution in [0.5, 0.6) is 0 Å². The van der Waals surface area contributed by atoms with Gasteiger partial charge in [0.2, 0.25) is 0 Å². The molecule has 0 atom stereocenters. The molecular formula is C15H13FN4S.